The van der Waals surface area contributed by atoms with E-state index in [2.05, 4.69) is 20.7 Å². The van der Waals surface area contributed by atoms with Gasteiger partial charge in [0.15, 0.2) is 0 Å². The van der Waals surface area contributed by atoms with Crippen molar-refractivity contribution >= 4 is 26.0 Å². The molecule has 1 aromatic carbocycles. The van der Waals surface area contributed by atoms with Crippen LogP contribution in [0.3, 0.4) is 0 Å². The quantitative estimate of drug-likeness (QED) is 0.930. The summed E-state index contributed by atoms with van der Waals surface area (Å²) in [5, 5.41) is 0. The number of hydrogen-bond donors (Lipinski definition) is 1. The third-order valence-corrected chi connectivity index (χ3v) is 4.77. The molecule has 3 nitrogen and oxygen atoms in total. The molecular formula is C12H18BrNO2S. The Morgan fingerprint density at radius 2 is 1.88 bits per heavy atom. The van der Waals surface area contributed by atoms with E-state index in [9.17, 15) is 8.42 Å². The topological polar surface area (TPSA) is 46.2 Å². The fraction of sp³-hybridized carbons (Fsp3) is 0.500. The molecule has 1 atom stereocenters. The summed E-state index contributed by atoms with van der Waals surface area (Å²) >= 11 is 3.27. The minimum absolute atomic E-state index is 0.112. The van der Waals surface area contributed by atoms with E-state index in [0.717, 1.165) is 4.47 Å². The second kappa shape index (κ2) is 5.08. The summed E-state index contributed by atoms with van der Waals surface area (Å²) in [7, 11) is -3.45. The van der Waals surface area contributed by atoms with Crippen LogP contribution in [0.15, 0.2) is 33.6 Å². The van der Waals surface area contributed by atoms with Gasteiger partial charge in [0.1, 0.15) is 0 Å². The fourth-order valence-electron chi connectivity index (χ4n) is 1.11. The third-order valence-electron chi connectivity index (χ3n) is 2.74. The highest BCUT2D eigenvalue weighted by atomic mass is 79.9. The average Bonchev–Trinajstić information content (AvgIpc) is 2.15. The van der Waals surface area contributed by atoms with Crippen LogP contribution in [-0.4, -0.2) is 14.5 Å². The van der Waals surface area contributed by atoms with Crippen LogP contribution >= 0.6 is 15.9 Å². The van der Waals surface area contributed by atoms with Crippen molar-refractivity contribution < 1.29 is 8.42 Å². The molecule has 96 valence electrons. The highest BCUT2D eigenvalue weighted by molar-refractivity contribution is 9.10. The van der Waals surface area contributed by atoms with Gasteiger partial charge in [-0.25, -0.2) is 13.1 Å². The smallest absolute Gasteiger partial charge is 0.208 e. The zero-order valence-electron chi connectivity index (χ0n) is 10.5. The summed E-state index contributed by atoms with van der Waals surface area (Å²) < 4.78 is 27.7. The molecule has 0 aliphatic carbocycles. The molecule has 0 bridgehead atoms. The lowest BCUT2D eigenvalue weighted by Gasteiger charge is -2.27. The number of nitrogens with one attached hydrogen (secondary N) is 1. The average molecular weight is 320 g/mol. The van der Waals surface area contributed by atoms with E-state index >= 15 is 0 Å². The van der Waals surface area contributed by atoms with E-state index in [1.54, 1.807) is 24.3 Å². The Morgan fingerprint density at radius 1 is 1.29 bits per heavy atom. The lowest BCUT2D eigenvalue weighted by molar-refractivity contribution is 0.317. The van der Waals surface area contributed by atoms with E-state index in [-0.39, 0.29) is 16.4 Å². The van der Waals surface area contributed by atoms with Crippen molar-refractivity contribution in [3.05, 3.63) is 28.7 Å². The maximum Gasteiger partial charge on any atom is 0.240 e. The Labute approximate surface area is 112 Å². The number of benzene rings is 1. The van der Waals surface area contributed by atoms with Crippen LogP contribution in [0.4, 0.5) is 0 Å². The molecule has 0 fully saturated rings. The lowest BCUT2D eigenvalue weighted by atomic mass is 9.89. The number of halogens is 1. The molecule has 1 rings (SSSR count). The molecule has 5 heteroatoms. The van der Waals surface area contributed by atoms with E-state index < -0.39 is 10.0 Å². The molecule has 0 spiro atoms. The molecule has 0 saturated carbocycles. The van der Waals surface area contributed by atoms with Crippen LogP contribution < -0.4 is 4.72 Å². The minimum atomic E-state index is -3.45. The second-order valence-corrected chi connectivity index (χ2v) is 7.80. The molecule has 0 aromatic heterocycles. The largest absolute Gasteiger partial charge is 0.240 e. The first-order valence-electron chi connectivity index (χ1n) is 5.41. The summed E-state index contributed by atoms with van der Waals surface area (Å²) in [4.78, 5) is 0.281. The molecular weight excluding hydrogens is 302 g/mol. The van der Waals surface area contributed by atoms with Gasteiger partial charge in [0, 0.05) is 10.5 Å². The third kappa shape index (κ3) is 4.08. The van der Waals surface area contributed by atoms with Crippen molar-refractivity contribution in [2.24, 2.45) is 5.41 Å². The maximum atomic E-state index is 12.1. The van der Waals surface area contributed by atoms with Gasteiger partial charge in [-0.2, -0.15) is 0 Å². The van der Waals surface area contributed by atoms with Gasteiger partial charge in [0.2, 0.25) is 10.0 Å². The van der Waals surface area contributed by atoms with Crippen LogP contribution in [0.1, 0.15) is 27.7 Å². The Hall–Kier alpha value is -0.390. The summed E-state index contributed by atoms with van der Waals surface area (Å²) in [5.74, 6) is 0. The Kier molecular flexibility index (Phi) is 4.38. The zero-order chi connectivity index (χ0) is 13.3. The van der Waals surface area contributed by atoms with Crippen LogP contribution in [0.2, 0.25) is 0 Å². The van der Waals surface area contributed by atoms with Crippen LogP contribution in [0.25, 0.3) is 0 Å². The van der Waals surface area contributed by atoms with Gasteiger partial charge < -0.3 is 0 Å². The van der Waals surface area contributed by atoms with Crippen molar-refractivity contribution in [3.63, 3.8) is 0 Å². The van der Waals surface area contributed by atoms with Gasteiger partial charge in [-0.15, -0.1) is 0 Å². The fourth-order valence-corrected chi connectivity index (χ4v) is 3.16. The second-order valence-electron chi connectivity index (χ2n) is 5.17. The molecule has 1 unspecified atom stereocenters. The Bertz CT molecular complexity index is 491. The number of hydrogen-bond acceptors (Lipinski definition) is 2. The zero-order valence-corrected chi connectivity index (χ0v) is 12.9. The molecule has 0 radical (unpaired) electrons. The first kappa shape index (κ1) is 14.7. The van der Waals surface area contributed by atoms with Crippen LogP contribution in [-0.2, 0) is 10.0 Å². The van der Waals surface area contributed by atoms with Crippen molar-refractivity contribution in [2.75, 3.05) is 0 Å². The van der Waals surface area contributed by atoms with Gasteiger partial charge in [-0.05, 0) is 30.5 Å². The minimum Gasteiger partial charge on any atom is -0.208 e. The van der Waals surface area contributed by atoms with Gasteiger partial charge in [-0.3, -0.25) is 0 Å². The number of sulfonamides is 1. The first-order valence-corrected chi connectivity index (χ1v) is 7.68. The summed E-state index contributed by atoms with van der Waals surface area (Å²) in [5.41, 5.74) is -0.112. The van der Waals surface area contributed by atoms with Gasteiger partial charge in [-0.1, -0.05) is 42.8 Å². The van der Waals surface area contributed by atoms with E-state index in [4.69, 9.17) is 0 Å². The van der Waals surface area contributed by atoms with Gasteiger partial charge >= 0.3 is 0 Å². The highest BCUT2D eigenvalue weighted by Gasteiger charge is 2.25. The lowest BCUT2D eigenvalue weighted by Crippen LogP contribution is -2.41. The van der Waals surface area contributed by atoms with Crippen molar-refractivity contribution in [1.29, 1.82) is 0 Å². The van der Waals surface area contributed by atoms with E-state index in [1.807, 2.05) is 27.7 Å². The molecule has 1 N–H and O–H groups in total. The van der Waals surface area contributed by atoms with Gasteiger partial charge in [0.25, 0.3) is 0 Å². The number of rotatable bonds is 3. The van der Waals surface area contributed by atoms with Crippen molar-refractivity contribution in [3.8, 4) is 0 Å². The summed E-state index contributed by atoms with van der Waals surface area (Å²) in [6.07, 6.45) is 0. The molecule has 1 aromatic rings. The SMILES string of the molecule is CC(NS(=O)(=O)c1cccc(Br)c1)C(C)(C)C. The highest BCUT2D eigenvalue weighted by Crippen LogP contribution is 2.22. The van der Waals surface area contributed by atoms with E-state index in [0.29, 0.717) is 0 Å². The Morgan fingerprint density at radius 3 is 2.35 bits per heavy atom. The van der Waals surface area contributed by atoms with Crippen molar-refractivity contribution in [2.45, 2.75) is 38.6 Å². The van der Waals surface area contributed by atoms with Gasteiger partial charge in [0.05, 0.1) is 4.90 Å². The molecule has 0 amide bonds. The Balaban J connectivity index is 2.98. The summed E-state index contributed by atoms with van der Waals surface area (Å²) in [6, 6.07) is 6.55. The van der Waals surface area contributed by atoms with Crippen molar-refractivity contribution in [1.82, 2.24) is 4.72 Å². The predicted molar refractivity (Wildman–Crippen MR) is 73.4 cm³/mol. The van der Waals surface area contributed by atoms with Crippen LogP contribution in [0.5, 0.6) is 0 Å². The van der Waals surface area contributed by atoms with Crippen LogP contribution in [0, 0.1) is 5.41 Å². The first-order chi connectivity index (χ1) is 7.63. The monoisotopic (exact) mass is 319 g/mol. The predicted octanol–water partition coefficient (Wildman–Crippen LogP) is 3.16. The normalized spacial score (nSPS) is 14.6. The van der Waals surface area contributed by atoms with E-state index in [1.165, 1.54) is 0 Å². The molecule has 17 heavy (non-hydrogen) atoms. The molecule has 0 aliphatic rings. The molecule has 0 aliphatic heterocycles. The maximum absolute atomic E-state index is 12.1. The molecule has 0 saturated heterocycles. The standard InChI is InChI=1S/C12H18BrNO2S/c1-9(12(2,3)4)14-17(15,16)11-7-5-6-10(13)8-11/h5-9,14H,1-4H3. The summed E-state index contributed by atoms with van der Waals surface area (Å²) in [6.45, 7) is 7.87. The molecule has 0 heterocycles.